The number of carbonyl (C=O) groups excluding carboxylic acids is 2. The molecule has 2 amide bonds. The molecule has 0 saturated carbocycles. The monoisotopic (exact) mass is 354 g/mol. The molecule has 2 aromatic rings. The first-order valence-corrected chi connectivity index (χ1v) is 8.87. The number of nitrogens with zero attached hydrogens (tertiary/aromatic N) is 1. The van der Waals surface area contributed by atoms with Gasteiger partial charge in [-0.05, 0) is 48.6 Å². The summed E-state index contributed by atoms with van der Waals surface area (Å²) in [5.41, 5.74) is 3.97. The minimum absolute atomic E-state index is 0.177. The lowest BCUT2D eigenvalue weighted by Crippen LogP contribution is -2.44. The highest BCUT2D eigenvalue weighted by atomic mass is 35.5. The molecule has 1 aliphatic carbocycles. The van der Waals surface area contributed by atoms with Gasteiger partial charge in [0.25, 0.3) is 5.91 Å². The van der Waals surface area contributed by atoms with Crippen molar-refractivity contribution in [2.45, 2.75) is 38.3 Å². The van der Waals surface area contributed by atoms with Crippen molar-refractivity contribution >= 4 is 29.1 Å². The summed E-state index contributed by atoms with van der Waals surface area (Å²) in [7, 11) is 0. The van der Waals surface area contributed by atoms with Crippen molar-refractivity contribution in [2.24, 2.45) is 0 Å². The van der Waals surface area contributed by atoms with Gasteiger partial charge in [0.15, 0.2) is 0 Å². The molecule has 0 spiro atoms. The fraction of sp³-hybridized carbons (Fsp3) is 0.300. The Morgan fingerprint density at radius 1 is 1.00 bits per heavy atom. The number of hydrogen-bond donors (Lipinski definition) is 1. The van der Waals surface area contributed by atoms with Gasteiger partial charge in [-0.3, -0.25) is 9.59 Å². The highest BCUT2D eigenvalue weighted by Crippen LogP contribution is 2.31. The van der Waals surface area contributed by atoms with Crippen molar-refractivity contribution in [3.8, 4) is 0 Å². The van der Waals surface area contributed by atoms with Crippen LogP contribution < -0.4 is 10.2 Å². The van der Waals surface area contributed by atoms with Gasteiger partial charge in [-0.1, -0.05) is 41.9 Å². The molecule has 4 rings (SSSR count). The van der Waals surface area contributed by atoms with Crippen molar-refractivity contribution in [3.05, 3.63) is 64.2 Å². The van der Waals surface area contributed by atoms with Gasteiger partial charge in [0.2, 0.25) is 5.91 Å². The Labute approximate surface area is 151 Å². The fourth-order valence-corrected chi connectivity index (χ4v) is 3.98. The molecule has 2 aromatic carbocycles. The predicted molar refractivity (Wildman–Crippen MR) is 97.9 cm³/mol. The molecule has 2 aliphatic rings. The molecule has 4 nitrogen and oxygen atoms in total. The number of nitrogens with one attached hydrogen (secondary N) is 1. The maximum absolute atomic E-state index is 12.8. The van der Waals surface area contributed by atoms with E-state index in [9.17, 15) is 9.59 Å². The molecule has 1 saturated heterocycles. The van der Waals surface area contributed by atoms with Crippen LogP contribution in [0.25, 0.3) is 0 Å². The van der Waals surface area contributed by atoms with Gasteiger partial charge in [0.1, 0.15) is 0 Å². The third kappa shape index (κ3) is 2.86. The van der Waals surface area contributed by atoms with Gasteiger partial charge in [0, 0.05) is 11.1 Å². The van der Waals surface area contributed by atoms with Crippen molar-refractivity contribution < 1.29 is 9.59 Å². The molecule has 0 aromatic heterocycles. The third-order valence-corrected chi connectivity index (χ3v) is 5.52. The zero-order valence-electron chi connectivity index (χ0n) is 14.0. The lowest BCUT2D eigenvalue weighted by Gasteiger charge is -2.20. The van der Waals surface area contributed by atoms with Crippen molar-refractivity contribution in [1.29, 1.82) is 0 Å². The number of hydrogen-bond acceptors (Lipinski definition) is 3. The first-order valence-electron chi connectivity index (χ1n) is 8.49. The average molecular weight is 355 g/mol. The first-order chi connectivity index (χ1) is 12.0. The van der Waals surface area contributed by atoms with E-state index >= 15 is 0 Å². The standard InChI is InChI=1S/C20H19ClN2O2/c1-12-16(21)7-4-8-18(12)23-19(24)11-17(20(23)25)22-15-9-13-5-2-3-6-14(13)10-15/h2-8,15,17,22H,9-11H2,1H3. The Morgan fingerprint density at radius 2 is 1.68 bits per heavy atom. The predicted octanol–water partition coefficient (Wildman–Crippen LogP) is 3.04. The number of imide groups is 1. The quantitative estimate of drug-likeness (QED) is 0.862. The molecule has 128 valence electrons. The van der Waals surface area contributed by atoms with E-state index < -0.39 is 6.04 Å². The van der Waals surface area contributed by atoms with Gasteiger partial charge in [0.05, 0.1) is 18.2 Å². The van der Waals surface area contributed by atoms with Crippen LogP contribution in [0.3, 0.4) is 0 Å². The van der Waals surface area contributed by atoms with E-state index in [0.29, 0.717) is 10.7 Å². The number of anilines is 1. The molecule has 1 aliphatic heterocycles. The maximum atomic E-state index is 12.8. The van der Waals surface area contributed by atoms with E-state index in [1.54, 1.807) is 18.2 Å². The van der Waals surface area contributed by atoms with Crippen LogP contribution in [-0.4, -0.2) is 23.9 Å². The van der Waals surface area contributed by atoms with Crippen LogP contribution in [0, 0.1) is 6.92 Å². The molecule has 1 heterocycles. The molecular formula is C20H19ClN2O2. The lowest BCUT2D eigenvalue weighted by atomic mass is 10.1. The van der Waals surface area contributed by atoms with Crippen LogP contribution >= 0.6 is 11.6 Å². The highest BCUT2D eigenvalue weighted by Gasteiger charge is 2.41. The van der Waals surface area contributed by atoms with E-state index in [1.165, 1.54) is 16.0 Å². The van der Waals surface area contributed by atoms with Crippen molar-refractivity contribution in [1.82, 2.24) is 5.32 Å². The molecule has 5 heteroatoms. The van der Waals surface area contributed by atoms with Crippen molar-refractivity contribution in [3.63, 3.8) is 0 Å². The largest absolute Gasteiger partial charge is 0.302 e. The topological polar surface area (TPSA) is 49.4 Å². The van der Waals surface area contributed by atoms with E-state index in [1.807, 2.05) is 19.1 Å². The third-order valence-electron chi connectivity index (χ3n) is 5.11. The minimum Gasteiger partial charge on any atom is -0.302 e. The Hall–Kier alpha value is -2.17. The minimum atomic E-state index is -0.467. The summed E-state index contributed by atoms with van der Waals surface area (Å²) in [4.78, 5) is 26.6. The highest BCUT2D eigenvalue weighted by molar-refractivity contribution is 6.32. The normalized spacial score (nSPS) is 20.4. The summed E-state index contributed by atoms with van der Waals surface area (Å²) in [6.07, 6.45) is 1.98. The second kappa shape index (κ2) is 6.28. The Morgan fingerprint density at radius 3 is 2.36 bits per heavy atom. The van der Waals surface area contributed by atoms with Crippen molar-refractivity contribution in [2.75, 3.05) is 4.90 Å². The van der Waals surface area contributed by atoms with Crippen LogP contribution in [0.15, 0.2) is 42.5 Å². The second-order valence-corrected chi connectivity index (χ2v) is 7.16. The second-order valence-electron chi connectivity index (χ2n) is 6.75. The van der Waals surface area contributed by atoms with Gasteiger partial charge < -0.3 is 5.32 Å². The number of amides is 2. The number of carbonyl (C=O) groups is 2. The number of fused-ring (bicyclic) bond motifs is 1. The first kappa shape index (κ1) is 16.3. The van der Waals surface area contributed by atoms with Gasteiger partial charge in [-0.25, -0.2) is 4.90 Å². The molecule has 0 radical (unpaired) electrons. The maximum Gasteiger partial charge on any atom is 0.251 e. The molecule has 1 N–H and O–H groups in total. The number of benzene rings is 2. The van der Waals surface area contributed by atoms with Gasteiger partial charge >= 0.3 is 0 Å². The summed E-state index contributed by atoms with van der Waals surface area (Å²) in [5.74, 6) is -0.366. The number of halogens is 1. The van der Waals surface area contributed by atoms with Crippen LogP contribution in [0.5, 0.6) is 0 Å². The Bertz CT molecular complexity index is 840. The Balaban J connectivity index is 1.51. The summed E-state index contributed by atoms with van der Waals surface area (Å²) < 4.78 is 0. The molecule has 1 atom stereocenters. The average Bonchev–Trinajstić information content (AvgIpc) is 3.11. The molecule has 1 fully saturated rings. The zero-order chi connectivity index (χ0) is 17.6. The lowest BCUT2D eigenvalue weighted by molar-refractivity contribution is -0.121. The van der Waals surface area contributed by atoms with E-state index in [-0.39, 0.29) is 24.3 Å². The Kier molecular flexibility index (Phi) is 4.10. The molecule has 25 heavy (non-hydrogen) atoms. The number of rotatable bonds is 3. The SMILES string of the molecule is Cc1c(Cl)cccc1N1C(=O)CC(NC2Cc3ccccc3C2)C1=O. The summed E-state index contributed by atoms with van der Waals surface area (Å²) in [5, 5.41) is 3.95. The molecule has 1 unspecified atom stereocenters. The summed E-state index contributed by atoms with van der Waals surface area (Å²) in [6, 6.07) is 13.3. The van der Waals surface area contributed by atoms with E-state index in [2.05, 4.69) is 17.4 Å². The summed E-state index contributed by atoms with van der Waals surface area (Å²) in [6.45, 7) is 1.83. The molecular weight excluding hydrogens is 336 g/mol. The van der Waals surface area contributed by atoms with E-state index in [0.717, 1.165) is 18.4 Å². The van der Waals surface area contributed by atoms with Crippen LogP contribution in [-0.2, 0) is 22.4 Å². The van der Waals surface area contributed by atoms with Crippen LogP contribution in [0.2, 0.25) is 5.02 Å². The van der Waals surface area contributed by atoms with Crippen LogP contribution in [0.1, 0.15) is 23.1 Å². The zero-order valence-corrected chi connectivity index (χ0v) is 14.7. The molecule has 0 bridgehead atoms. The van der Waals surface area contributed by atoms with E-state index in [4.69, 9.17) is 11.6 Å². The fourth-order valence-electron chi connectivity index (χ4n) is 3.81. The summed E-state index contributed by atoms with van der Waals surface area (Å²) >= 11 is 6.15. The van der Waals surface area contributed by atoms with Gasteiger partial charge in [-0.2, -0.15) is 0 Å². The van der Waals surface area contributed by atoms with Crippen LogP contribution in [0.4, 0.5) is 5.69 Å². The van der Waals surface area contributed by atoms with Gasteiger partial charge in [-0.15, -0.1) is 0 Å². The smallest absolute Gasteiger partial charge is 0.251 e.